The van der Waals surface area contributed by atoms with E-state index in [1.165, 1.54) is 0 Å². The Morgan fingerprint density at radius 3 is 1.17 bits per heavy atom. The Balaban J connectivity index is -0.0000000146. The normalized spacial score (nSPS) is 7.00. The molecule has 0 radical (unpaired) electrons. The van der Waals surface area contributed by atoms with Crippen LogP contribution >= 0.6 is 0 Å². The molecule has 0 saturated carbocycles. The summed E-state index contributed by atoms with van der Waals surface area (Å²) in [5, 5.41) is 13.9. The van der Waals surface area contributed by atoms with Gasteiger partial charge in [-0.25, -0.2) is 4.79 Å². The van der Waals surface area contributed by atoms with Gasteiger partial charge in [0.05, 0.1) is 28.2 Å². The van der Waals surface area contributed by atoms with Crippen LogP contribution in [0.2, 0.25) is 0 Å². The van der Waals surface area contributed by atoms with Crippen molar-refractivity contribution in [1.29, 1.82) is 0 Å². The molecule has 0 amide bonds. The van der Waals surface area contributed by atoms with Gasteiger partial charge < -0.3 is 27.7 Å². The van der Waals surface area contributed by atoms with Crippen LogP contribution in [0.1, 0.15) is 1.43 Å². The number of hydrogen-bond acceptors (Lipinski definition) is 2. The van der Waals surface area contributed by atoms with Gasteiger partial charge in [0.1, 0.15) is 0 Å². The number of carbonyl (C=O) groups is 1. The minimum atomic E-state index is -1.83. The molecule has 0 bridgehead atoms. The maximum absolute atomic E-state index is 8.56. The molecule has 74 valence electrons. The molecule has 0 aromatic heterocycles. The molecule has 0 aliphatic carbocycles. The molecule has 0 heterocycles. The molecule has 0 fully saturated rings. The Morgan fingerprint density at radius 1 is 1.17 bits per heavy atom. The van der Waals surface area contributed by atoms with Crippen molar-refractivity contribution in [3.8, 4) is 0 Å². The fraction of sp³-hybridized carbons (Fsp3) is 0.800. The molecular weight excluding hydrogens is 175 g/mol. The molecule has 0 aromatic carbocycles. The van der Waals surface area contributed by atoms with Gasteiger partial charge in [-0.1, -0.05) is 0 Å². The Kier molecular flexibility index (Phi) is 33.8. The molecule has 0 saturated heterocycles. The van der Waals surface area contributed by atoms with E-state index in [9.17, 15) is 0 Å². The predicted molar refractivity (Wildman–Crippen MR) is 44.4 cm³/mol. The van der Waals surface area contributed by atoms with Crippen LogP contribution in [-0.4, -0.2) is 54.5 Å². The molecule has 0 aliphatic heterocycles. The van der Waals surface area contributed by atoms with Crippen LogP contribution in [0.5, 0.6) is 0 Å². The first-order valence-electron chi connectivity index (χ1n) is 2.44. The summed E-state index contributed by atoms with van der Waals surface area (Å²) in [6.07, 6.45) is -1.83. The van der Waals surface area contributed by atoms with E-state index in [2.05, 4.69) is 28.2 Å². The average Bonchev–Trinajstić information content (AvgIpc) is 1.19. The van der Waals surface area contributed by atoms with Gasteiger partial charge in [0.25, 0.3) is 0 Å². The van der Waals surface area contributed by atoms with Crippen molar-refractivity contribution in [2.24, 2.45) is 0 Å². The Bertz CT molecular complexity index is 89.0. The van der Waals surface area contributed by atoms with Crippen LogP contribution < -0.4 is 35.7 Å². The van der Waals surface area contributed by atoms with Crippen molar-refractivity contribution in [1.82, 2.24) is 6.15 Å². The Hall–Kier alpha value is 0.150. The SMILES string of the molecule is C[N+](C)(C)C.N.O.O=C(O)O.[H-].[Na+]. The molecule has 0 spiro atoms. The number of hydrogen-bond donors (Lipinski definition) is 3. The minimum absolute atomic E-state index is 0. The summed E-state index contributed by atoms with van der Waals surface area (Å²) < 4.78 is 1.00. The first-order chi connectivity index (χ1) is 3.73. The van der Waals surface area contributed by atoms with E-state index < -0.39 is 6.16 Å². The largest absolute Gasteiger partial charge is 1.00 e. The smallest absolute Gasteiger partial charge is 1.00 e. The summed E-state index contributed by atoms with van der Waals surface area (Å²) in [5.74, 6) is 0. The monoisotopic (exact) mass is 195 g/mol. The fourth-order valence-corrected chi connectivity index (χ4v) is 0. The zero-order valence-electron chi connectivity index (χ0n) is 9.46. The van der Waals surface area contributed by atoms with Crippen molar-refractivity contribution in [2.45, 2.75) is 0 Å². The fourth-order valence-electron chi connectivity index (χ4n) is 0. The second-order valence-corrected chi connectivity index (χ2v) is 2.97. The predicted octanol–water partition coefficient (Wildman–Crippen LogP) is -3.00. The zero-order valence-corrected chi connectivity index (χ0v) is 10.5. The van der Waals surface area contributed by atoms with Crippen molar-refractivity contribution < 1.29 is 56.0 Å². The molecule has 0 unspecified atom stereocenters. The summed E-state index contributed by atoms with van der Waals surface area (Å²) in [4.78, 5) is 8.56. The first-order valence-corrected chi connectivity index (χ1v) is 2.44. The minimum Gasteiger partial charge on any atom is -1.00 e. The number of rotatable bonds is 0. The molecule has 0 aliphatic rings. The van der Waals surface area contributed by atoms with Crippen LogP contribution in [-0.2, 0) is 0 Å². The van der Waals surface area contributed by atoms with E-state index in [-0.39, 0.29) is 42.6 Å². The maximum Gasteiger partial charge on any atom is 1.00 e. The van der Waals surface area contributed by atoms with E-state index in [1.807, 2.05) is 0 Å². The number of quaternary nitrogens is 1. The maximum atomic E-state index is 8.56. The average molecular weight is 195 g/mol. The van der Waals surface area contributed by atoms with Crippen LogP contribution in [0.4, 0.5) is 4.79 Å². The second-order valence-electron chi connectivity index (χ2n) is 2.97. The summed E-state index contributed by atoms with van der Waals surface area (Å²) in [6.45, 7) is 0. The van der Waals surface area contributed by atoms with Crippen LogP contribution in [0.25, 0.3) is 0 Å². The molecule has 6 nitrogen and oxygen atoms in total. The second kappa shape index (κ2) is 13.7. The molecule has 0 atom stereocenters. The third kappa shape index (κ3) is 37800. The molecule has 0 aromatic rings. The van der Waals surface area contributed by atoms with Crippen molar-refractivity contribution in [3.63, 3.8) is 0 Å². The van der Waals surface area contributed by atoms with Gasteiger partial charge in [-0.15, -0.1) is 0 Å². The van der Waals surface area contributed by atoms with Crippen LogP contribution in [0.15, 0.2) is 0 Å². The quantitative estimate of drug-likeness (QED) is 0.281. The van der Waals surface area contributed by atoms with Crippen molar-refractivity contribution >= 4 is 6.16 Å². The van der Waals surface area contributed by atoms with E-state index in [0.717, 1.165) is 4.48 Å². The van der Waals surface area contributed by atoms with Gasteiger partial charge in [0, 0.05) is 0 Å². The van der Waals surface area contributed by atoms with E-state index in [1.54, 1.807) is 0 Å². The Morgan fingerprint density at radius 2 is 1.17 bits per heavy atom. The summed E-state index contributed by atoms with van der Waals surface area (Å²) in [7, 11) is 8.50. The van der Waals surface area contributed by atoms with Crippen molar-refractivity contribution in [3.05, 3.63) is 0 Å². The van der Waals surface area contributed by atoms with Crippen molar-refractivity contribution in [2.75, 3.05) is 28.2 Å². The van der Waals surface area contributed by atoms with Gasteiger partial charge >= 0.3 is 35.7 Å². The summed E-state index contributed by atoms with van der Waals surface area (Å²) in [5.41, 5.74) is 0. The number of carboxylic acid groups (broad SMARTS) is 2. The van der Waals surface area contributed by atoms with Crippen LogP contribution in [0.3, 0.4) is 0 Å². The van der Waals surface area contributed by atoms with Crippen LogP contribution in [0, 0.1) is 0 Å². The van der Waals surface area contributed by atoms with Gasteiger partial charge in [-0.3, -0.25) is 0 Å². The summed E-state index contributed by atoms with van der Waals surface area (Å²) in [6, 6.07) is 0. The van der Waals surface area contributed by atoms with Gasteiger partial charge in [-0.05, 0) is 0 Å². The third-order valence-electron chi connectivity index (χ3n) is 0. The van der Waals surface area contributed by atoms with Gasteiger partial charge in [0.2, 0.25) is 0 Å². The van der Waals surface area contributed by atoms with E-state index >= 15 is 0 Å². The number of nitrogens with zero attached hydrogens (tertiary/aromatic N) is 1. The Labute approximate surface area is 96.4 Å². The third-order valence-corrected chi connectivity index (χ3v) is 0. The zero-order chi connectivity index (χ0) is 8.08. The first kappa shape index (κ1) is 29.5. The molecule has 0 rings (SSSR count). The summed E-state index contributed by atoms with van der Waals surface area (Å²) >= 11 is 0. The standard InChI is InChI=1S/C4H12N.CH2O3.H3N.Na.H2O.H/c1-5(2,3)4;2-1(3)4;;;;/h1-4H3;(H2,2,3,4);1H3;;1H2;/q+1;;;+1;;-1. The van der Waals surface area contributed by atoms with Gasteiger partial charge in [-0.2, -0.15) is 0 Å². The molecule has 12 heavy (non-hydrogen) atoms. The molecular formula is C5H20N2NaO4+. The topological polar surface area (TPSA) is 124 Å². The van der Waals surface area contributed by atoms with E-state index in [4.69, 9.17) is 15.0 Å². The van der Waals surface area contributed by atoms with E-state index in [0.29, 0.717) is 0 Å². The molecule has 7 heteroatoms. The van der Waals surface area contributed by atoms with Gasteiger partial charge in [0.15, 0.2) is 0 Å². The molecule has 7 N–H and O–H groups in total.